The molecular formula is C32H38FN5O3. The number of fused-ring (bicyclic) bond motifs is 1. The Hall–Kier alpha value is -3.80. The molecule has 1 fully saturated rings. The smallest absolute Gasteiger partial charge is 0.338 e. The van der Waals surface area contributed by atoms with Crippen molar-refractivity contribution in [1.82, 2.24) is 19.6 Å². The number of aryl methyl sites for hydroxylation is 3. The van der Waals surface area contributed by atoms with E-state index < -0.39 is 17.0 Å². The average Bonchev–Trinajstić information content (AvgIpc) is 3.63. The highest BCUT2D eigenvalue weighted by Gasteiger charge is 2.48. The zero-order valence-electron chi connectivity index (χ0n) is 24.3. The van der Waals surface area contributed by atoms with Crippen LogP contribution in [0.3, 0.4) is 0 Å². The molecule has 1 aromatic carbocycles. The molecule has 8 nitrogen and oxygen atoms in total. The highest BCUT2D eigenvalue weighted by Crippen LogP contribution is 2.46. The Morgan fingerprint density at radius 1 is 1.20 bits per heavy atom. The van der Waals surface area contributed by atoms with Crippen molar-refractivity contribution in [2.45, 2.75) is 103 Å². The molecule has 0 radical (unpaired) electrons. The van der Waals surface area contributed by atoms with Crippen LogP contribution >= 0.6 is 0 Å². The van der Waals surface area contributed by atoms with E-state index in [-0.39, 0.29) is 35.9 Å². The molecule has 3 aromatic rings. The topological polar surface area (TPSA) is 113 Å². The molecule has 0 saturated heterocycles. The highest BCUT2D eigenvalue weighted by molar-refractivity contribution is 5.90. The van der Waals surface area contributed by atoms with Crippen molar-refractivity contribution in [2.24, 2.45) is 5.92 Å². The zero-order valence-corrected chi connectivity index (χ0v) is 24.3. The molecule has 216 valence electrons. The number of nitriles is 1. The van der Waals surface area contributed by atoms with Gasteiger partial charge in [0.15, 0.2) is 5.82 Å². The summed E-state index contributed by atoms with van der Waals surface area (Å²) in [5.41, 5.74) is 1.37. The van der Waals surface area contributed by atoms with Crippen LogP contribution in [0.1, 0.15) is 93.6 Å². The maximum atomic E-state index is 15.3. The Kier molecular flexibility index (Phi) is 7.87. The molecule has 0 amide bonds. The molecule has 1 atom stereocenters. The van der Waals surface area contributed by atoms with Crippen molar-refractivity contribution < 1.29 is 19.0 Å². The molecule has 1 saturated carbocycles. The number of halogens is 1. The number of aromatic nitrogens is 4. The maximum Gasteiger partial charge on any atom is 0.338 e. The van der Waals surface area contributed by atoms with Crippen LogP contribution in [0.5, 0.6) is 0 Å². The largest absolute Gasteiger partial charge is 0.512 e. The first-order chi connectivity index (χ1) is 19.6. The first-order valence-electron chi connectivity index (χ1n) is 14.7. The van der Waals surface area contributed by atoms with Crippen molar-refractivity contribution >= 4 is 11.7 Å². The van der Waals surface area contributed by atoms with Crippen molar-refractivity contribution in [3.8, 4) is 6.07 Å². The van der Waals surface area contributed by atoms with Gasteiger partial charge in [0.25, 0.3) is 5.78 Å². The predicted molar refractivity (Wildman–Crippen MR) is 152 cm³/mol. The van der Waals surface area contributed by atoms with Gasteiger partial charge in [-0.05, 0) is 76.0 Å². The van der Waals surface area contributed by atoms with Crippen LogP contribution in [0.25, 0.3) is 5.78 Å². The van der Waals surface area contributed by atoms with Gasteiger partial charge in [0.05, 0.1) is 17.1 Å². The Morgan fingerprint density at radius 2 is 1.93 bits per heavy atom. The zero-order chi connectivity index (χ0) is 29.4. The second-order valence-electron chi connectivity index (χ2n) is 11.7. The second-order valence-corrected chi connectivity index (χ2v) is 11.7. The van der Waals surface area contributed by atoms with Gasteiger partial charge in [0.1, 0.15) is 17.2 Å². The van der Waals surface area contributed by atoms with Crippen LogP contribution in [0.2, 0.25) is 0 Å². The lowest BCUT2D eigenvalue weighted by Gasteiger charge is -2.41. The molecule has 9 heteroatoms. The van der Waals surface area contributed by atoms with Crippen molar-refractivity contribution in [1.29, 1.82) is 5.26 Å². The van der Waals surface area contributed by atoms with E-state index in [0.717, 1.165) is 42.6 Å². The minimum absolute atomic E-state index is 0.0130. The fourth-order valence-corrected chi connectivity index (χ4v) is 6.74. The van der Waals surface area contributed by atoms with E-state index >= 15 is 4.39 Å². The number of aliphatic hydroxyl groups is 1. The summed E-state index contributed by atoms with van der Waals surface area (Å²) in [5.74, 6) is 0.0409. The van der Waals surface area contributed by atoms with Crippen LogP contribution in [0, 0.1) is 36.9 Å². The standard InChI is InChI=1S/C32H38FN5O3/c1-5-31(6-2,19-34)25-12-11-22(16-26(25)33)13-14-32(23-9-7-8-10-23)18-27(39)24(29(40)41-32)17-28-36-30-35-20(3)15-21(4)38(30)37-28/h11-12,15-16,23,39H,5-10,13-14,17-18H2,1-4H3. The number of cyclic esters (lactones) is 1. The number of hydrogen-bond donors (Lipinski definition) is 1. The van der Waals surface area contributed by atoms with Crippen molar-refractivity contribution in [3.63, 3.8) is 0 Å². The second kappa shape index (κ2) is 11.2. The molecular weight excluding hydrogens is 521 g/mol. The van der Waals surface area contributed by atoms with E-state index in [9.17, 15) is 15.2 Å². The van der Waals surface area contributed by atoms with Crippen LogP contribution in [-0.4, -0.2) is 36.3 Å². The summed E-state index contributed by atoms with van der Waals surface area (Å²) in [6.45, 7) is 7.60. The summed E-state index contributed by atoms with van der Waals surface area (Å²) in [5, 5.41) is 25.5. The number of hydrogen-bond acceptors (Lipinski definition) is 7. The van der Waals surface area contributed by atoms with Gasteiger partial charge in [-0.3, -0.25) is 0 Å². The normalized spacial score (nSPS) is 20.0. The fourth-order valence-electron chi connectivity index (χ4n) is 6.74. The number of aliphatic hydroxyl groups excluding tert-OH is 1. The van der Waals surface area contributed by atoms with Crippen LogP contribution < -0.4 is 0 Å². The summed E-state index contributed by atoms with van der Waals surface area (Å²) in [4.78, 5) is 22.3. The Balaban J connectivity index is 1.39. The molecule has 1 N–H and O–H groups in total. The average molecular weight is 560 g/mol. The molecule has 1 unspecified atom stereocenters. The van der Waals surface area contributed by atoms with E-state index in [1.165, 1.54) is 6.07 Å². The van der Waals surface area contributed by atoms with Crippen LogP contribution in [-0.2, 0) is 27.8 Å². The van der Waals surface area contributed by atoms with Crippen LogP contribution in [0.15, 0.2) is 35.6 Å². The SMILES string of the molecule is CCC(C#N)(CC)c1ccc(CCC2(C3CCCC3)CC(O)=C(Cc3nc4nc(C)cc(C)n4n3)C(=O)O2)cc1F. The van der Waals surface area contributed by atoms with Crippen LogP contribution in [0.4, 0.5) is 4.39 Å². The number of esters is 1. The predicted octanol–water partition coefficient (Wildman–Crippen LogP) is 6.32. The third-order valence-corrected chi connectivity index (χ3v) is 9.26. The number of nitrogens with zero attached hydrogens (tertiary/aromatic N) is 5. The minimum Gasteiger partial charge on any atom is -0.512 e. The summed E-state index contributed by atoms with van der Waals surface area (Å²) >= 11 is 0. The monoisotopic (exact) mass is 559 g/mol. The minimum atomic E-state index is -0.860. The summed E-state index contributed by atoms with van der Waals surface area (Å²) in [6, 6.07) is 9.33. The summed E-state index contributed by atoms with van der Waals surface area (Å²) in [6.07, 6.45) is 6.22. The first kappa shape index (κ1) is 28.7. The fraction of sp³-hybridized carbons (Fsp3) is 0.531. The van der Waals surface area contributed by atoms with Crippen molar-refractivity contribution in [3.05, 3.63) is 69.8 Å². The van der Waals surface area contributed by atoms with Gasteiger partial charge in [-0.15, -0.1) is 5.10 Å². The molecule has 2 aromatic heterocycles. The van der Waals surface area contributed by atoms with Gasteiger partial charge in [-0.2, -0.15) is 10.2 Å². The first-order valence-corrected chi connectivity index (χ1v) is 14.7. The molecule has 5 rings (SSSR count). The molecule has 3 heterocycles. The Labute approximate surface area is 240 Å². The lowest BCUT2D eigenvalue weighted by molar-refractivity contribution is -0.167. The summed E-state index contributed by atoms with van der Waals surface area (Å²) in [7, 11) is 0. The summed E-state index contributed by atoms with van der Waals surface area (Å²) < 4.78 is 23.1. The third-order valence-electron chi connectivity index (χ3n) is 9.26. The van der Waals surface area contributed by atoms with E-state index in [1.54, 1.807) is 10.6 Å². The molecule has 1 aliphatic carbocycles. The van der Waals surface area contributed by atoms with Gasteiger partial charge >= 0.3 is 5.97 Å². The van der Waals surface area contributed by atoms with E-state index in [0.29, 0.717) is 42.8 Å². The van der Waals surface area contributed by atoms with Gasteiger partial charge in [-0.25, -0.2) is 18.7 Å². The lowest BCUT2D eigenvalue weighted by atomic mass is 9.75. The molecule has 1 aliphatic heterocycles. The Morgan fingerprint density at radius 3 is 2.56 bits per heavy atom. The van der Waals surface area contributed by atoms with Gasteiger partial charge in [-0.1, -0.05) is 38.8 Å². The van der Waals surface area contributed by atoms with Gasteiger partial charge < -0.3 is 9.84 Å². The molecule has 2 aliphatic rings. The third kappa shape index (κ3) is 5.32. The number of carbonyl (C=O) groups is 1. The quantitative estimate of drug-likeness (QED) is 0.305. The molecule has 0 bridgehead atoms. The maximum absolute atomic E-state index is 15.3. The number of benzene rings is 1. The number of carbonyl (C=O) groups excluding carboxylic acids is 1. The molecule has 41 heavy (non-hydrogen) atoms. The van der Waals surface area contributed by atoms with Gasteiger partial charge in [0.2, 0.25) is 0 Å². The van der Waals surface area contributed by atoms with Gasteiger partial charge in [0, 0.05) is 29.8 Å². The number of rotatable bonds is 9. The lowest BCUT2D eigenvalue weighted by Crippen LogP contribution is -2.46. The van der Waals surface area contributed by atoms with E-state index in [4.69, 9.17) is 4.74 Å². The van der Waals surface area contributed by atoms with E-state index in [1.807, 2.05) is 39.8 Å². The highest BCUT2D eigenvalue weighted by atomic mass is 19.1. The van der Waals surface area contributed by atoms with E-state index in [2.05, 4.69) is 21.1 Å². The van der Waals surface area contributed by atoms with Crippen molar-refractivity contribution in [2.75, 3.05) is 0 Å². The molecule has 0 spiro atoms. The number of ether oxygens (including phenoxy) is 1. The Bertz CT molecular complexity index is 1540.